The van der Waals surface area contributed by atoms with Gasteiger partial charge in [-0.15, -0.1) is 0 Å². The molecule has 3 aliphatic rings. The molecule has 2 aliphatic carbocycles. The number of fused-ring (bicyclic) bond motifs is 2. The summed E-state index contributed by atoms with van der Waals surface area (Å²) in [6.45, 7) is 14.8. The first-order valence-corrected chi connectivity index (χ1v) is 19.8. The molecule has 0 radical (unpaired) electrons. The minimum Gasteiger partial charge on any atom is -0.478 e. The Balaban J connectivity index is 0.000000174. The second-order valence-corrected chi connectivity index (χ2v) is 17.4. The third kappa shape index (κ3) is 8.03. The van der Waals surface area contributed by atoms with Crippen molar-refractivity contribution in [3.63, 3.8) is 0 Å². The molecule has 1 aliphatic heterocycles. The molecule has 57 heavy (non-hydrogen) atoms. The van der Waals surface area contributed by atoms with E-state index in [1.54, 1.807) is 36.4 Å². The fourth-order valence-electron chi connectivity index (χ4n) is 8.41. The zero-order chi connectivity index (χ0) is 40.6. The van der Waals surface area contributed by atoms with Crippen LogP contribution in [0.4, 0.5) is 0 Å². The Morgan fingerprint density at radius 2 is 1.09 bits per heavy atom. The number of allylic oxidation sites excluding steroid dienone is 1. The summed E-state index contributed by atoms with van der Waals surface area (Å²) in [4.78, 5) is 22.2. The Morgan fingerprint density at radius 1 is 0.561 bits per heavy atom. The normalized spacial score (nSPS) is 18.4. The molecular formula is C51H52O6. The molecule has 0 amide bonds. The van der Waals surface area contributed by atoms with Gasteiger partial charge in [0, 0.05) is 11.1 Å². The average molecular weight is 761 g/mol. The van der Waals surface area contributed by atoms with Crippen LogP contribution in [0.15, 0.2) is 121 Å². The van der Waals surface area contributed by atoms with E-state index in [-0.39, 0.29) is 21.8 Å². The van der Waals surface area contributed by atoms with Gasteiger partial charge in [-0.05, 0) is 116 Å². The van der Waals surface area contributed by atoms with Crippen molar-refractivity contribution in [1.29, 1.82) is 0 Å². The van der Waals surface area contributed by atoms with Gasteiger partial charge in [-0.2, -0.15) is 0 Å². The molecule has 1 heterocycles. The molecule has 0 atom stereocenters. The highest BCUT2D eigenvalue weighted by molar-refractivity contribution is 5.89. The summed E-state index contributed by atoms with van der Waals surface area (Å²) in [7, 11) is 0. The molecule has 0 saturated carbocycles. The Kier molecular flexibility index (Phi) is 10.7. The monoisotopic (exact) mass is 760 g/mol. The summed E-state index contributed by atoms with van der Waals surface area (Å²) < 4.78 is 12.3. The van der Waals surface area contributed by atoms with Crippen molar-refractivity contribution in [3.8, 4) is 0 Å². The molecule has 2 N–H and O–H groups in total. The van der Waals surface area contributed by atoms with Gasteiger partial charge in [0.2, 0.25) is 5.79 Å². The number of carbonyl (C=O) groups is 2. The Bertz CT molecular complexity index is 2340. The molecule has 6 heteroatoms. The number of rotatable bonds is 7. The van der Waals surface area contributed by atoms with Crippen molar-refractivity contribution in [1.82, 2.24) is 0 Å². The van der Waals surface area contributed by atoms with Gasteiger partial charge in [0.25, 0.3) is 0 Å². The molecule has 8 rings (SSSR count). The summed E-state index contributed by atoms with van der Waals surface area (Å²) in [5.41, 5.74) is 12.8. The third-order valence-electron chi connectivity index (χ3n) is 12.0. The van der Waals surface area contributed by atoms with Crippen LogP contribution in [0.25, 0.3) is 17.7 Å². The molecule has 292 valence electrons. The van der Waals surface area contributed by atoms with Crippen molar-refractivity contribution >= 4 is 29.7 Å². The van der Waals surface area contributed by atoms with Crippen molar-refractivity contribution < 1.29 is 29.3 Å². The lowest BCUT2D eigenvalue weighted by Crippen LogP contribution is -2.35. The number of hydrogen-bond acceptors (Lipinski definition) is 4. The van der Waals surface area contributed by atoms with E-state index in [2.05, 4.69) is 114 Å². The van der Waals surface area contributed by atoms with Crippen LogP contribution in [-0.4, -0.2) is 35.4 Å². The lowest BCUT2D eigenvalue weighted by atomic mass is 9.62. The van der Waals surface area contributed by atoms with E-state index in [0.717, 1.165) is 35.1 Å². The van der Waals surface area contributed by atoms with Gasteiger partial charge >= 0.3 is 11.9 Å². The lowest BCUT2D eigenvalue weighted by molar-refractivity contribution is -0.130. The topological polar surface area (TPSA) is 93.1 Å². The second kappa shape index (κ2) is 15.4. The van der Waals surface area contributed by atoms with E-state index in [1.807, 2.05) is 24.3 Å². The van der Waals surface area contributed by atoms with Gasteiger partial charge in [-0.3, -0.25) is 0 Å². The Hall–Kier alpha value is -5.56. The summed E-state index contributed by atoms with van der Waals surface area (Å²) in [6.07, 6.45) is 9.79. The van der Waals surface area contributed by atoms with Crippen molar-refractivity contribution in [2.75, 3.05) is 13.2 Å². The SMILES string of the molecule is CC1(C)CC=C(c2ccccc2)c2cc(/C=C/c3ccc(C(=O)O)cc3)ccc21.CC1(C)CCC(C)(C)c2cc(C3(c4ccc(C(=O)O)cc4)OCCO3)ccc21. The predicted molar refractivity (Wildman–Crippen MR) is 228 cm³/mol. The Labute approximate surface area is 336 Å². The maximum Gasteiger partial charge on any atom is 0.335 e. The number of carboxylic acid groups (broad SMARTS) is 2. The fourth-order valence-corrected chi connectivity index (χ4v) is 8.41. The zero-order valence-corrected chi connectivity index (χ0v) is 33.8. The minimum absolute atomic E-state index is 0.0911. The summed E-state index contributed by atoms with van der Waals surface area (Å²) in [5, 5.41) is 18.2. The molecule has 6 nitrogen and oxygen atoms in total. The van der Waals surface area contributed by atoms with Crippen molar-refractivity contribution in [2.45, 2.75) is 82.8 Å². The number of carboxylic acids is 2. The molecule has 1 fully saturated rings. The van der Waals surface area contributed by atoms with Crippen LogP contribution in [-0.2, 0) is 31.5 Å². The molecule has 0 spiro atoms. The van der Waals surface area contributed by atoms with Gasteiger partial charge in [-0.1, -0.05) is 139 Å². The summed E-state index contributed by atoms with van der Waals surface area (Å²) in [5.74, 6) is -2.83. The smallest absolute Gasteiger partial charge is 0.335 e. The second-order valence-electron chi connectivity index (χ2n) is 17.4. The molecule has 1 saturated heterocycles. The molecule has 5 aromatic rings. The molecule has 0 aromatic heterocycles. The van der Waals surface area contributed by atoms with Crippen molar-refractivity contribution in [2.24, 2.45) is 0 Å². The van der Waals surface area contributed by atoms with Crippen LogP contribution in [0.2, 0.25) is 0 Å². The van der Waals surface area contributed by atoms with Crippen LogP contribution >= 0.6 is 0 Å². The van der Waals surface area contributed by atoms with Crippen LogP contribution < -0.4 is 0 Å². The molecule has 0 unspecified atom stereocenters. The van der Waals surface area contributed by atoms with Gasteiger partial charge < -0.3 is 19.7 Å². The number of benzene rings is 5. The summed E-state index contributed by atoms with van der Waals surface area (Å²) >= 11 is 0. The maximum atomic E-state index is 11.2. The van der Waals surface area contributed by atoms with E-state index in [9.17, 15) is 14.7 Å². The fraction of sp³-hybridized carbons (Fsp3) is 0.294. The van der Waals surface area contributed by atoms with Gasteiger partial charge in [-0.25, -0.2) is 9.59 Å². The van der Waals surface area contributed by atoms with Crippen LogP contribution in [0.3, 0.4) is 0 Å². The predicted octanol–water partition coefficient (Wildman–Crippen LogP) is 11.6. The first kappa shape index (κ1) is 39.7. The minimum atomic E-state index is -0.982. The molecule has 0 bridgehead atoms. The van der Waals surface area contributed by atoms with E-state index in [0.29, 0.717) is 18.8 Å². The first-order valence-electron chi connectivity index (χ1n) is 19.8. The van der Waals surface area contributed by atoms with Crippen molar-refractivity contribution in [3.05, 3.63) is 183 Å². The van der Waals surface area contributed by atoms with E-state index >= 15 is 0 Å². The highest BCUT2D eigenvalue weighted by atomic mass is 16.7. The summed E-state index contributed by atoms with van der Waals surface area (Å²) in [6, 6.07) is 37.5. The van der Waals surface area contributed by atoms with Crippen LogP contribution in [0, 0.1) is 0 Å². The van der Waals surface area contributed by atoms with Gasteiger partial charge in [0.15, 0.2) is 0 Å². The Morgan fingerprint density at radius 3 is 1.70 bits per heavy atom. The van der Waals surface area contributed by atoms with Gasteiger partial charge in [0.1, 0.15) is 0 Å². The number of ether oxygens (including phenoxy) is 2. The van der Waals surface area contributed by atoms with Gasteiger partial charge in [0.05, 0.1) is 24.3 Å². The standard InChI is InChI=1S/C27H24O2.C24H28O4/c1-27(2)17-16-23(21-6-4-3-5-7-21)24-18-20(12-15-25(24)27)9-8-19-10-13-22(14-11-19)26(28)29;1-22(2)11-12-23(3,4)20-15-18(9-10-19(20)22)24(27-13-14-28-24)17-7-5-16(6-8-17)21(25)26/h3-16,18H,17H2,1-2H3,(H,28,29);5-10,15H,11-14H2,1-4H3,(H,25,26)/b9-8+;. The third-order valence-corrected chi connectivity index (χ3v) is 12.0. The number of hydrogen-bond donors (Lipinski definition) is 2. The molecule has 5 aromatic carbocycles. The first-order chi connectivity index (χ1) is 27.1. The van der Waals surface area contributed by atoms with E-state index < -0.39 is 17.7 Å². The van der Waals surface area contributed by atoms with Crippen LogP contribution in [0.1, 0.15) is 132 Å². The highest BCUT2D eigenvalue weighted by Gasteiger charge is 2.44. The lowest BCUT2D eigenvalue weighted by Gasteiger charge is -2.42. The number of aromatic carboxylic acids is 2. The quantitative estimate of drug-likeness (QED) is 0.160. The largest absolute Gasteiger partial charge is 0.478 e. The van der Waals surface area contributed by atoms with Crippen LogP contribution in [0.5, 0.6) is 0 Å². The van der Waals surface area contributed by atoms with E-state index in [4.69, 9.17) is 14.6 Å². The zero-order valence-electron chi connectivity index (χ0n) is 33.8. The molecular weight excluding hydrogens is 709 g/mol. The van der Waals surface area contributed by atoms with E-state index in [1.165, 1.54) is 39.8 Å². The maximum absolute atomic E-state index is 11.2. The average Bonchev–Trinajstić information content (AvgIpc) is 3.71. The highest BCUT2D eigenvalue weighted by Crippen LogP contribution is 2.48.